The molecule has 2 heterocycles. The standard InChI is InChI=1S/C13H15N5O2/c19-18(20)10-3-4-11-12(6-10)15-8-13(17-11)16-9-2-1-5-14-7-9/h3-4,6,8-9,14H,1-2,5,7H2,(H,16,17)/t9-/m0/s1. The van der Waals surface area contributed by atoms with Crippen LogP contribution in [-0.4, -0.2) is 34.0 Å². The van der Waals surface area contributed by atoms with Gasteiger partial charge in [-0.05, 0) is 25.5 Å². The van der Waals surface area contributed by atoms with E-state index in [-0.39, 0.29) is 5.69 Å². The van der Waals surface area contributed by atoms with Crippen molar-refractivity contribution in [3.63, 3.8) is 0 Å². The van der Waals surface area contributed by atoms with Crippen LogP contribution in [0, 0.1) is 10.1 Å². The van der Waals surface area contributed by atoms with Crippen LogP contribution in [-0.2, 0) is 0 Å². The number of piperidine rings is 1. The molecule has 3 rings (SSSR count). The number of fused-ring (bicyclic) bond motifs is 1. The molecule has 1 aromatic heterocycles. The van der Waals surface area contributed by atoms with Crippen LogP contribution in [0.2, 0.25) is 0 Å². The van der Waals surface area contributed by atoms with Crippen LogP contribution in [0.3, 0.4) is 0 Å². The summed E-state index contributed by atoms with van der Waals surface area (Å²) in [5.74, 6) is 0.708. The average molecular weight is 273 g/mol. The van der Waals surface area contributed by atoms with Gasteiger partial charge in [0, 0.05) is 24.7 Å². The number of nitrogens with zero attached hydrogens (tertiary/aromatic N) is 3. The Morgan fingerprint density at radius 1 is 1.40 bits per heavy atom. The van der Waals surface area contributed by atoms with Gasteiger partial charge in [0.2, 0.25) is 0 Å². The zero-order valence-corrected chi connectivity index (χ0v) is 10.9. The molecule has 1 saturated heterocycles. The number of benzene rings is 1. The lowest BCUT2D eigenvalue weighted by Gasteiger charge is -2.24. The van der Waals surface area contributed by atoms with E-state index in [9.17, 15) is 10.1 Å². The molecular formula is C13H15N5O2. The predicted octanol–water partition coefficient (Wildman–Crippen LogP) is 1.70. The molecule has 104 valence electrons. The fourth-order valence-corrected chi connectivity index (χ4v) is 2.37. The summed E-state index contributed by atoms with van der Waals surface area (Å²) in [6, 6.07) is 4.87. The summed E-state index contributed by atoms with van der Waals surface area (Å²) in [5, 5.41) is 17.4. The van der Waals surface area contributed by atoms with Crippen LogP contribution in [0.1, 0.15) is 12.8 Å². The molecule has 1 fully saturated rings. The summed E-state index contributed by atoms with van der Waals surface area (Å²) < 4.78 is 0. The van der Waals surface area contributed by atoms with Crippen molar-refractivity contribution >= 4 is 22.5 Å². The molecular weight excluding hydrogens is 258 g/mol. The second kappa shape index (κ2) is 5.38. The lowest BCUT2D eigenvalue weighted by molar-refractivity contribution is -0.384. The monoisotopic (exact) mass is 273 g/mol. The number of non-ortho nitro benzene ring substituents is 1. The van der Waals surface area contributed by atoms with E-state index in [4.69, 9.17) is 0 Å². The van der Waals surface area contributed by atoms with Crippen LogP contribution in [0.15, 0.2) is 24.4 Å². The minimum Gasteiger partial charge on any atom is -0.365 e. The summed E-state index contributed by atoms with van der Waals surface area (Å²) in [6.07, 6.45) is 3.87. The van der Waals surface area contributed by atoms with Crippen LogP contribution in [0.5, 0.6) is 0 Å². The number of rotatable bonds is 3. The van der Waals surface area contributed by atoms with E-state index < -0.39 is 4.92 Å². The molecule has 0 aliphatic carbocycles. The third kappa shape index (κ3) is 2.67. The molecule has 20 heavy (non-hydrogen) atoms. The van der Waals surface area contributed by atoms with E-state index >= 15 is 0 Å². The summed E-state index contributed by atoms with van der Waals surface area (Å²) in [6.45, 7) is 1.98. The van der Waals surface area contributed by atoms with Gasteiger partial charge in [0.25, 0.3) is 5.69 Å². The van der Waals surface area contributed by atoms with E-state index in [1.165, 1.54) is 12.1 Å². The molecule has 0 saturated carbocycles. The zero-order valence-electron chi connectivity index (χ0n) is 10.9. The van der Waals surface area contributed by atoms with Crippen LogP contribution in [0.4, 0.5) is 11.5 Å². The largest absolute Gasteiger partial charge is 0.365 e. The topological polar surface area (TPSA) is 93.0 Å². The minimum absolute atomic E-state index is 0.0315. The minimum atomic E-state index is -0.430. The Bertz CT molecular complexity index is 640. The maximum absolute atomic E-state index is 10.7. The highest BCUT2D eigenvalue weighted by atomic mass is 16.6. The zero-order chi connectivity index (χ0) is 13.9. The summed E-state index contributed by atoms with van der Waals surface area (Å²) >= 11 is 0. The molecule has 2 N–H and O–H groups in total. The number of hydrogen-bond acceptors (Lipinski definition) is 6. The van der Waals surface area contributed by atoms with E-state index in [1.807, 2.05) is 0 Å². The first-order valence-electron chi connectivity index (χ1n) is 6.61. The second-order valence-electron chi connectivity index (χ2n) is 4.87. The molecule has 1 aliphatic rings. The second-order valence-corrected chi connectivity index (χ2v) is 4.87. The summed E-state index contributed by atoms with van der Waals surface area (Å²) in [5.41, 5.74) is 1.22. The van der Waals surface area contributed by atoms with Crippen molar-refractivity contribution in [3.8, 4) is 0 Å². The van der Waals surface area contributed by atoms with Gasteiger partial charge < -0.3 is 10.6 Å². The van der Waals surface area contributed by atoms with E-state index in [1.54, 1.807) is 12.3 Å². The van der Waals surface area contributed by atoms with Gasteiger partial charge in [-0.2, -0.15) is 0 Å². The number of nitrogens with one attached hydrogen (secondary N) is 2. The number of nitro groups is 1. The Hall–Kier alpha value is -2.28. The Kier molecular flexibility index (Phi) is 3.42. The molecule has 0 spiro atoms. The lowest BCUT2D eigenvalue weighted by Crippen LogP contribution is -2.38. The molecule has 0 radical (unpaired) electrons. The van der Waals surface area contributed by atoms with Crippen LogP contribution in [0.25, 0.3) is 11.0 Å². The summed E-state index contributed by atoms with van der Waals surface area (Å²) in [4.78, 5) is 19.0. The Balaban J connectivity index is 1.83. The molecule has 1 aromatic carbocycles. The third-order valence-electron chi connectivity index (χ3n) is 3.39. The lowest BCUT2D eigenvalue weighted by atomic mass is 10.1. The first-order valence-corrected chi connectivity index (χ1v) is 6.61. The van der Waals surface area contributed by atoms with E-state index in [0.29, 0.717) is 22.9 Å². The molecule has 7 heteroatoms. The van der Waals surface area contributed by atoms with Gasteiger partial charge in [-0.25, -0.2) is 4.98 Å². The fraction of sp³-hybridized carbons (Fsp3) is 0.385. The van der Waals surface area contributed by atoms with Crippen molar-refractivity contribution in [1.29, 1.82) is 0 Å². The predicted molar refractivity (Wildman–Crippen MR) is 75.7 cm³/mol. The highest BCUT2D eigenvalue weighted by Gasteiger charge is 2.14. The van der Waals surface area contributed by atoms with Crippen molar-refractivity contribution in [2.24, 2.45) is 0 Å². The van der Waals surface area contributed by atoms with Crippen molar-refractivity contribution in [2.45, 2.75) is 18.9 Å². The third-order valence-corrected chi connectivity index (χ3v) is 3.39. The van der Waals surface area contributed by atoms with Crippen molar-refractivity contribution in [1.82, 2.24) is 15.3 Å². The average Bonchev–Trinajstić information content (AvgIpc) is 2.47. The molecule has 1 atom stereocenters. The number of hydrogen-bond donors (Lipinski definition) is 2. The van der Waals surface area contributed by atoms with Gasteiger partial charge >= 0.3 is 0 Å². The smallest absolute Gasteiger partial charge is 0.271 e. The Morgan fingerprint density at radius 2 is 2.30 bits per heavy atom. The molecule has 0 amide bonds. The van der Waals surface area contributed by atoms with Crippen LogP contribution >= 0.6 is 0 Å². The Labute approximate surface area is 115 Å². The van der Waals surface area contributed by atoms with Gasteiger partial charge in [0.15, 0.2) is 0 Å². The maximum Gasteiger partial charge on any atom is 0.271 e. The number of anilines is 1. The number of nitro benzene ring substituents is 1. The van der Waals surface area contributed by atoms with Gasteiger partial charge in [-0.3, -0.25) is 15.1 Å². The highest BCUT2D eigenvalue weighted by Crippen LogP contribution is 2.19. The Morgan fingerprint density at radius 3 is 3.05 bits per heavy atom. The normalized spacial score (nSPS) is 18.9. The maximum atomic E-state index is 10.7. The summed E-state index contributed by atoms with van der Waals surface area (Å²) in [7, 11) is 0. The van der Waals surface area contributed by atoms with Crippen molar-refractivity contribution in [2.75, 3.05) is 18.4 Å². The molecule has 0 unspecified atom stereocenters. The van der Waals surface area contributed by atoms with Crippen LogP contribution < -0.4 is 10.6 Å². The highest BCUT2D eigenvalue weighted by molar-refractivity contribution is 5.78. The number of aromatic nitrogens is 2. The first kappa shape index (κ1) is 12.7. The molecule has 1 aliphatic heterocycles. The van der Waals surface area contributed by atoms with Gasteiger partial charge in [0.05, 0.1) is 22.2 Å². The van der Waals surface area contributed by atoms with E-state index in [0.717, 1.165) is 25.9 Å². The quantitative estimate of drug-likeness (QED) is 0.653. The van der Waals surface area contributed by atoms with Gasteiger partial charge in [0.1, 0.15) is 5.82 Å². The fourth-order valence-electron chi connectivity index (χ4n) is 2.37. The van der Waals surface area contributed by atoms with Gasteiger partial charge in [-0.1, -0.05) is 0 Å². The first-order chi connectivity index (χ1) is 9.72. The van der Waals surface area contributed by atoms with Crippen molar-refractivity contribution < 1.29 is 4.92 Å². The molecule has 0 bridgehead atoms. The molecule has 2 aromatic rings. The van der Waals surface area contributed by atoms with Crippen molar-refractivity contribution in [3.05, 3.63) is 34.5 Å². The SMILES string of the molecule is O=[N+]([O-])c1ccc2nc(N[C@H]3CCCNC3)cnc2c1. The molecule has 7 nitrogen and oxygen atoms in total. The van der Waals surface area contributed by atoms with E-state index in [2.05, 4.69) is 20.6 Å². The van der Waals surface area contributed by atoms with Gasteiger partial charge in [-0.15, -0.1) is 0 Å².